The van der Waals surface area contributed by atoms with E-state index >= 15 is 0 Å². The lowest BCUT2D eigenvalue weighted by atomic mass is 10.2. The van der Waals surface area contributed by atoms with Gasteiger partial charge in [0.05, 0.1) is 5.56 Å². The van der Waals surface area contributed by atoms with Gasteiger partial charge in [0.15, 0.2) is 0 Å². The van der Waals surface area contributed by atoms with Crippen LogP contribution < -0.4 is 11.3 Å². The standard InChI is InChI=1S/C8H13N3O/c1-3-7-10-5(2)6(4-9)8(12)11-7/h3-4,9H2,1-2H3,(H,10,11,12). The van der Waals surface area contributed by atoms with E-state index in [4.69, 9.17) is 5.73 Å². The molecule has 1 rings (SSSR count). The van der Waals surface area contributed by atoms with Crippen molar-refractivity contribution in [2.75, 3.05) is 0 Å². The molecular formula is C8H13N3O. The largest absolute Gasteiger partial charge is 0.326 e. The highest BCUT2D eigenvalue weighted by molar-refractivity contribution is 5.15. The zero-order valence-corrected chi connectivity index (χ0v) is 7.35. The van der Waals surface area contributed by atoms with Crippen molar-refractivity contribution >= 4 is 0 Å². The van der Waals surface area contributed by atoms with Crippen LogP contribution in [0, 0.1) is 6.92 Å². The Kier molecular flexibility index (Phi) is 2.60. The molecule has 0 saturated heterocycles. The first-order valence-corrected chi connectivity index (χ1v) is 3.97. The Hall–Kier alpha value is -1.16. The summed E-state index contributed by atoms with van der Waals surface area (Å²) in [4.78, 5) is 18.1. The average molecular weight is 167 g/mol. The second-order valence-electron chi connectivity index (χ2n) is 2.63. The zero-order chi connectivity index (χ0) is 9.14. The highest BCUT2D eigenvalue weighted by Crippen LogP contribution is 1.97. The summed E-state index contributed by atoms with van der Waals surface area (Å²) in [5.41, 5.74) is 6.58. The molecule has 0 bridgehead atoms. The fourth-order valence-electron chi connectivity index (χ4n) is 1.08. The third-order valence-electron chi connectivity index (χ3n) is 1.81. The summed E-state index contributed by atoms with van der Waals surface area (Å²) in [6.45, 7) is 3.99. The van der Waals surface area contributed by atoms with Crippen molar-refractivity contribution in [2.24, 2.45) is 5.73 Å². The fraction of sp³-hybridized carbons (Fsp3) is 0.500. The molecule has 0 radical (unpaired) electrons. The van der Waals surface area contributed by atoms with Crippen molar-refractivity contribution < 1.29 is 0 Å². The molecule has 0 atom stereocenters. The number of rotatable bonds is 2. The quantitative estimate of drug-likeness (QED) is 0.656. The first-order valence-electron chi connectivity index (χ1n) is 3.97. The van der Waals surface area contributed by atoms with E-state index in [1.807, 2.05) is 6.92 Å². The van der Waals surface area contributed by atoms with Crippen LogP contribution in [-0.4, -0.2) is 9.97 Å². The molecule has 0 aliphatic rings. The molecule has 0 aromatic carbocycles. The van der Waals surface area contributed by atoms with Gasteiger partial charge >= 0.3 is 0 Å². The number of aromatic nitrogens is 2. The van der Waals surface area contributed by atoms with Crippen molar-refractivity contribution in [3.8, 4) is 0 Å². The van der Waals surface area contributed by atoms with Crippen molar-refractivity contribution in [1.82, 2.24) is 9.97 Å². The Morgan fingerprint density at radius 3 is 2.67 bits per heavy atom. The van der Waals surface area contributed by atoms with Crippen LogP contribution in [0.25, 0.3) is 0 Å². The summed E-state index contributed by atoms with van der Waals surface area (Å²) in [5, 5.41) is 0. The maximum absolute atomic E-state index is 11.3. The topological polar surface area (TPSA) is 71.8 Å². The van der Waals surface area contributed by atoms with Gasteiger partial charge in [0.1, 0.15) is 5.82 Å². The molecule has 3 N–H and O–H groups in total. The molecule has 0 spiro atoms. The maximum Gasteiger partial charge on any atom is 0.255 e. The van der Waals surface area contributed by atoms with Crippen LogP contribution in [0.15, 0.2) is 4.79 Å². The number of nitrogens with zero attached hydrogens (tertiary/aromatic N) is 1. The van der Waals surface area contributed by atoms with Gasteiger partial charge in [0.25, 0.3) is 5.56 Å². The summed E-state index contributed by atoms with van der Waals surface area (Å²) in [7, 11) is 0. The summed E-state index contributed by atoms with van der Waals surface area (Å²) in [5.74, 6) is 0.717. The SMILES string of the molecule is CCc1nc(C)c(CN)c(=O)[nH]1. The van der Waals surface area contributed by atoms with Gasteiger partial charge in [-0.15, -0.1) is 0 Å². The van der Waals surface area contributed by atoms with Crippen LogP contribution in [0.5, 0.6) is 0 Å². The highest BCUT2D eigenvalue weighted by atomic mass is 16.1. The molecule has 1 aromatic heterocycles. The van der Waals surface area contributed by atoms with Gasteiger partial charge in [-0.1, -0.05) is 6.92 Å². The van der Waals surface area contributed by atoms with Crippen molar-refractivity contribution in [2.45, 2.75) is 26.8 Å². The van der Waals surface area contributed by atoms with E-state index in [1.54, 1.807) is 6.92 Å². The van der Waals surface area contributed by atoms with Crippen LogP contribution in [0.2, 0.25) is 0 Å². The van der Waals surface area contributed by atoms with Crippen molar-refractivity contribution in [1.29, 1.82) is 0 Å². The zero-order valence-electron chi connectivity index (χ0n) is 7.35. The Bertz CT molecular complexity index is 330. The predicted octanol–water partition coefficient (Wildman–Crippen LogP) is 0.0994. The molecule has 1 heterocycles. The second kappa shape index (κ2) is 3.49. The van der Waals surface area contributed by atoms with Gasteiger partial charge in [0, 0.05) is 18.7 Å². The molecule has 0 amide bonds. The smallest absolute Gasteiger partial charge is 0.255 e. The summed E-state index contributed by atoms with van der Waals surface area (Å²) in [6, 6.07) is 0. The van der Waals surface area contributed by atoms with Crippen LogP contribution in [0.1, 0.15) is 24.0 Å². The van der Waals surface area contributed by atoms with Gasteiger partial charge in [-0.25, -0.2) is 4.98 Å². The van der Waals surface area contributed by atoms with Crippen LogP contribution in [0.4, 0.5) is 0 Å². The molecule has 4 heteroatoms. The summed E-state index contributed by atoms with van der Waals surface area (Å²) < 4.78 is 0. The lowest BCUT2D eigenvalue weighted by Gasteiger charge is -2.02. The van der Waals surface area contributed by atoms with Crippen molar-refractivity contribution in [3.05, 3.63) is 27.4 Å². The number of H-pyrrole nitrogens is 1. The monoisotopic (exact) mass is 167 g/mol. The molecule has 1 aromatic rings. The Morgan fingerprint density at radius 2 is 2.25 bits per heavy atom. The number of hydrogen-bond donors (Lipinski definition) is 2. The predicted molar refractivity (Wildman–Crippen MR) is 46.9 cm³/mol. The van der Waals surface area contributed by atoms with E-state index in [2.05, 4.69) is 9.97 Å². The molecule has 4 nitrogen and oxygen atoms in total. The van der Waals surface area contributed by atoms with Gasteiger partial charge < -0.3 is 10.7 Å². The number of hydrogen-bond acceptors (Lipinski definition) is 3. The first-order chi connectivity index (χ1) is 5.69. The van der Waals surface area contributed by atoms with E-state index in [1.165, 1.54) is 0 Å². The highest BCUT2D eigenvalue weighted by Gasteiger charge is 2.04. The Balaban J connectivity index is 3.28. The van der Waals surface area contributed by atoms with Crippen LogP contribution in [-0.2, 0) is 13.0 Å². The normalized spacial score (nSPS) is 10.2. The molecule has 0 aliphatic heterocycles. The Morgan fingerprint density at radius 1 is 1.58 bits per heavy atom. The number of nitrogens with two attached hydrogens (primary N) is 1. The summed E-state index contributed by atoms with van der Waals surface area (Å²) in [6.07, 6.45) is 0.737. The molecule has 0 unspecified atom stereocenters. The Labute approximate surface area is 70.8 Å². The third-order valence-corrected chi connectivity index (χ3v) is 1.81. The van der Waals surface area contributed by atoms with Gasteiger partial charge in [-0.2, -0.15) is 0 Å². The molecule has 0 fully saturated rings. The third kappa shape index (κ3) is 1.53. The van der Waals surface area contributed by atoms with E-state index in [9.17, 15) is 4.79 Å². The number of nitrogens with one attached hydrogen (secondary N) is 1. The van der Waals surface area contributed by atoms with Crippen LogP contribution >= 0.6 is 0 Å². The summed E-state index contributed by atoms with van der Waals surface area (Å²) >= 11 is 0. The van der Waals surface area contributed by atoms with Crippen molar-refractivity contribution in [3.63, 3.8) is 0 Å². The van der Waals surface area contributed by atoms with Gasteiger partial charge in [-0.3, -0.25) is 4.79 Å². The minimum absolute atomic E-state index is 0.109. The fourth-order valence-corrected chi connectivity index (χ4v) is 1.08. The van der Waals surface area contributed by atoms with Gasteiger partial charge in [0.2, 0.25) is 0 Å². The van der Waals surface area contributed by atoms with Gasteiger partial charge in [-0.05, 0) is 6.92 Å². The van der Waals surface area contributed by atoms with E-state index in [0.29, 0.717) is 5.56 Å². The van der Waals surface area contributed by atoms with E-state index in [-0.39, 0.29) is 12.1 Å². The molecule has 66 valence electrons. The molecule has 12 heavy (non-hydrogen) atoms. The minimum Gasteiger partial charge on any atom is -0.326 e. The average Bonchev–Trinajstić information content (AvgIpc) is 2.03. The lowest BCUT2D eigenvalue weighted by molar-refractivity contribution is 0.855. The minimum atomic E-state index is -0.109. The lowest BCUT2D eigenvalue weighted by Crippen LogP contribution is -2.21. The maximum atomic E-state index is 11.3. The van der Waals surface area contributed by atoms with E-state index < -0.39 is 0 Å². The molecule has 0 aliphatic carbocycles. The number of aryl methyl sites for hydroxylation is 2. The number of aromatic amines is 1. The van der Waals surface area contributed by atoms with Crippen LogP contribution in [0.3, 0.4) is 0 Å². The molecular weight excluding hydrogens is 154 g/mol. The first kappa shape index (κ1) is 8.93. The second-order valence-corrected chi connectivity index (χ2v) is 2.63. The van der Waals surface area contributed by atoms with E-state index in [0.717, 1.165) is 17.9 Å². The molecule has 0 saturated carbocycles.